The molecular weight excluding hydrogens is 349 g/mol. The van der Waals surface area contributed by atoms with E-state index >= 15 is 0 Å². The summed E-state index contributed by atoms with van der Waals surface area (Å²) in [6, 6.07) is 9.35. The highest BCUT2D eigenvalue weighted by molar-refractivity contribution is 5.85. The van der Waals surface area contributed by atoms with Crippen molar-refractivity contribution in [2.45, 2.75) is 31.8 Å². The van der Waals surface area contributed by atoms with E-state index in [0.29, 0.717) is 13.0 Å². The van der Waals surface area contributed by atoms with Crippen molar-refractivity contribution in [3.05, 3.63) is 35.9 Å². The first-order valence-corrected chi connectivity index (χ1v) is 7.89. The van der Waals surface area contributed by atoms with Crippen molar-refractivity contribution in [3.63, 3.8) is 0 Å². The zero-order valence-corrected chi connectivity index (χ0v) is 16.0. The van der Waals surface area contributed by atoms with Gasteiger partial charge in [0.15, 0.2) is 0 Å². The van der Waals surface area contributed by atoms with Gasteiger partial charge in [0.25, 0.3) is 0 Å². The van der Waals surface area contributed by atoms with E-state index < -0.39 is 6.04 Å². The summed E-state index contributed by atoms with van der Waals surface area (Å²) < 4.78 is 5.38. The molecule has 1 atom stereocenters. The van der Waals surface area contributed by atoms with Gasteiger partial charge < -0.3 is 15.8 Å². The molecule has 2 rings (SSSR count). The highest BCUT2D eigenvalue weighted by atomic mass is 35.5. The maximum Gasteiger partial charge on any atom is 0.237 e. The van der Waals surface area contributed by atoms with Crippen LogP contribution in [0.2, 0.25) is 0 Å². The molecule has 1 aliphatic heterocycles. The summed E-state index contributed by atoms with van der Waals surface area (Å²) in [6.45, 7) is 8.19. The van der Waals surface area contributed by atoms with Gasteiger partial charge in [0, 0.05) is 25.2 Å². The topological polar surface area (TPSA) is 67.6 Å². The Morgan fingerprint density at radius 2 is 1.83 bits per heavy atom. The molecule has 1 aromatic carbocycles. The molecule has 0 saturated carbocycles. The van der Waals surface area contributed by atoms with Crippen LogP contribution in [-0.4, -0.2) is 55.2 Å². The zero-order chi connectivity index (χ0) is 16.0. The quantitative estimate of drug-likeness (QED) is 0.790. The molecule has 0 spiro atoms. The number of nitrogens with one attached hydrogen (secondary N) is 1. The SMILES string of the molecule is CC(C)(CNC(=O)[C@@H](N)Cc1ccccc1)N1CCOCC1.Cl.Cl. The van der Waals surface area contributed by atoms with E-state index in [-0.39, 0.29) is 36.3 Å². The van der Waals surface area contributed by atoms with E-state index in [9.17, 15) is 4.79 Å². The van der Waals surface area contributed by atoms with E-state index in [1.165, 1.54) is 0 Å². The first kappa shape index (κ1) is 23.1. The molecule has 0 bridgehead atoms. The van der Waals surface area contributed by atoms with Gasteiger partial charge in [0.05, 0.1) is 19.3 Å². The Kier molecular flexibility index (Phi) is 10.5. The van der Waals surface area contributed by atoms with Crippen LogP contribution in [0.5, 0.6) is 0 Å². The first-order chi connectivity index (χ1) is 10.5. The Morgan fingerprint density at radius 3 is 2.42 bits per heavy atom. The summed E-state index contributed by atoms with van der Waals surface area (Å²) >= 11 is 0. The molecule has 138 valence electrons. The number of morpholine rings is 1. The van der Waals surface area contributed by atoms with Crippen LogP contribution in [-0.2, 0) is 16.0 Å². The lowest BCUT2D eigenvalue weighted by Gasteiger charge is -2.41. The van der Waals surface area contributed by atoms with E-state index in [0.717, 1.165) is 31.9 Å². The third-order valence-corrected chi connectivity index (χ3v) is 4.20. The molecule has 3 N–H and O–H groups in total. The lowest BCUT2D eigenvalue weighted by Crippen LogP contribution is -2.56. The molecule has 1 heterocycles. The molecule has 0 unspecified atom stereocenters. The predicted octanol–water partition coefficient (Wildman–Crippen LogP) is 1.63. The van der Waals surface area contributed by atoms with Gasteiger partial charge in [-0.15, -0.1) is 24.8 Å². The maximum absolute atomic E-state index is 12.2. The molecule has 1 saturated heterocycles. The van der Waals surface area contributed by atoms with Crippen LogP contribution in [0.25, 0.3) is 0 Å². The van der Waals surface area contributed by atoms with Crippen molar-refractivity contribution in [3.8, 4) is 0 Å². The second-order valence-electron chi connectivity index (χ2n) is 6.43. The normalized spacial score (nSPS) is 16.5. The molecular formula is C17H29Cl2N3O2. The van der Waals surface area contributed by atoms with Gasteiger partial charge in [0.1, 0.15) is 0 Å². The van der Waals surface area contributed by atoms with E-state index in [4.69, 9.17) is 10.5 Å². The molecule has 0 radical (unpaired) electrons. The standard InChI is InChI=1S/C17H27N3O2.2ClH/c1-17(2,20-8-10-22-11-9-20)13-19-16(21)15(18)12-14-6-4-3-5-7-14;;/h3-7,15H,8-13,18H2,1-2H3,(H,19,21);2*1H/t15-;;/m0../s1. The van der Waals surface area contributed by atoms with Gasteiger partial charge in [-0.3, -0.25) is 9.69 Å². The molecule has 1 aromatic rings. The molecule has 0 aromatic heterocycles. The summed E-state index contributed by atoms with van der Waals surface area (Å²) in [7, 11) is 0. The second-order valence-corrected chi connectivity index (χ2v) is 6.43. The number of benzene rings is 1. The number of carbonyl (C=O) groups excluding carboxylic acids is 1. The molecule has 1 aliphatic rings. The summed E-state index contributed by atoms with van der Waals surface area (Å²) in [4.78, 5) is 14.5. The molecule has 24 heavy (non-hydrogen) atoms. The summed E-state index contributed by atoms with van der Waals surface area (Å²) in [5.74, 6) is -0.0924. The molecule has 7 heteroatoms. The predicted molar refractivity (Wildman–Crippen MR) is 102 cm³/mol. The van der Waals surface area contributed by atoms with E-state index in [2.05, 4.69) is 24.1 Å². The number of carbonyl (C=O) groups is 1. The minimum absolute atomic E-state index is 0. The van der Waals surface area contributed by atoms with Gasteiger partial charge in [-0.25, -0.2) is 0 Å². The maximum atomic E-state index is 12.2. The number of nitrogens with two attached hydrogens (primary N) is 1. The Balaban J connectivity index is 0.00000264. The average Bonchev–Trinajstić information content (AvgIpc) is 2.54. The van der Waals surface area contributed by atoms with Crippen molar-refractivity contribution in [2.24, 2.45) is 5.73 Å². The van der Waals surface area contributed by atoms with Crippen molar-refractivity contribution < 1.29 is 9.53 Å². The highest BCUT2D eigenvalue weighted by Crippen LogP contribution is 2.15. The Labute approximate surface area is 157 Å². The average molecular weight is 378 g/mol. The molecule has 1 fully saturated rings. The number of hydrogen-bond acceptors (Lipinski definition) is 4. The number of rotatable bonds is 6. The lowest BCUT2D eigenvalue weighted by atomic mass is 10.0. The number of nitrogens with zero attached hydrogens (tertiary/aromatic N) is 1. The lowest BCUT2D eigenvalue weighted by molar-refractivity contribution is -0.123. The summed E-state index contributed by atoms with van der Waals surface area (Å²) in [5, 5.41) is 2.99. The summed E-state index contributed by atoms with van der Waals surface area (Å²) in [5.41, 5.74) is 7.00. The minimum Gasteiger partial charge on any atom is -0.379 e. The van der Waals surface area contributed by atoms with Crippen LogP contribution >= 0.6 is 24.8 Å². The fraction of sp³-hybridized carbons (Fsp3) is 0.588. The highest BCUT2D eigenvalue weighted by Gasteiger charge is 2.29. The first-order valence-electron chi connectivity index (χ1n) is 7.89. The van der Waals surface area contributed by atoms with Crippen molar-refractivity contribution in [1.29, 1.82) is 0 Å². The van der Waals surface area contributed by atoms with E-state index in [1.807, 2.05) is 30.3 Å². The van der Waals surface area contributed by atoms with Crippen molar-refractivity contribution in [1.82, 2.24) is 10.2 Å². The van der Waals surface area contributed by atoms with Crippen LogP contribution in [0.4, 0.5) is 0 Å². The monoisotopic (exact) mass is 377 g/mol. The number of halogens is 2. The number of amides is 1. The van der Waals surface area contributed by atoms with Gasteiger partial charge in [-0.2, -0.15) is 0 Å². The largest absolute Gasteiger partial charge is 0.379 e. The van der Waals surface area contributed by atoms with Crippen molar-refractivity contribution in [2.75, 3.05) is 32.8 Å². The number of ether oxygens (including phenoxy) is 1. The van der Waals surface area contributed by atoms with Crippen LogP contribution in [0.1, 0.15) is 19.4 Å². The number of hydrogen-bond donors (Lipinski definition) is 2. The second kappa shape index (κ2) is 10.9. The fourth-order valence-corrected chi connectivity index (χ4v) is 2.68. The van der Waals surface area contributed by atoms with Crippen LogP contribution in [0.3, 0.4) is 0 Å². The molecule has 0 aliphatic carbocycles. The smallest absolute Gasteiger partial charge is 0.237 e. The minimum atomic E-state index is -0.511. The van der Waals surface area contributed by atoms with Gasteiger partial charge in [-0.1, -0.05) is 30.3 Å². The Hall–Kier alpha value is -0.850. The molecule has 1 amide bonds. The van der Waals surface area contributed by atoms with Crippen LogP contribution in [0.15, 0.2) is 30.3 Å². The third kappa shape index (κ3) is 6.95. The Morgan fingerprint density at radius 1 is 1.25 bits per heavy atom. The van der Waals surface area contributed by atoms with Crippen molar-refractivity contribution >= 4 is 30.7 Å². The van der Waals surface area contributed by atoms with Gasteiger partial charge in [-0.05, 0) is 25.8 Å². The summed E-state index contributed by atoms with van der Waals surface area (Å²) in [6.07, 6.45) is 0.560. The van der Waals surface area contributed by atoms with E-state index in [1.54, 1.807) is 0 Å². The fourth-order valence-electron chi connectivity index (χ4n) is 2.68. The Bertz CT molecular complexity index is 480. The third-order valence-electron chi connectivity index (χ3n) is 4.20. The zero-order valence-electron chi connectivity index (χ0n) is 14.4. The van der Waals surface area contributed by atoms with Gasteiger partial charge >= 0.3 is 0 Å². The van der Waals surface area contributed by atoms with Crippen LogP contribution in [0, 0.1) is 0 Å². The van der Waals surface area contributed by atoms with Gasteiger partial charge in [0.2, 0.25) is 5.91 Å². The van der Waals surface area contributed by atoms with Crippen LogP contribution < -0.4 is 11.1 Å². The molecule has 5 nitrogen and oxygen atoms in total.